The van der Waals surface area contributed by atoms with Gasteiger partial charge < -0.3 is 15.2 Å². The second-order valence-corrected chi connectivity index (χ2v) is 4.58. The van der Waals surface area contributed by atoms with Crippen LogP contribution < -0.4 is 10.1 Å². The molecule has 0 aliphatic heterocycles. The molecule has 0 spiro atoms. The van der Waals surface area contributed by atoms with Gasteiger partial charge in [-0.1, -0.05) is 12.1 Å². The van der Waals surface area contributed by atoms with E-state index in [2.05, 4.69) is 5.32 Å². The van der Waals surface area contributed by atoms with Gasteiger partial charge in [0, 0.05) is 29.4 Å². The first-order chi connectivity index (χ1) is 10.0. The van der Waals surface area contributed by atoms with E-state index in [4.69, 9.17) is 4.74 Å². The van der Waals surface area contributed by atoms with Crippen molar-refractivity contribution in [3.8, 4) is 11.5 Å². The molecule has 0 fully saturated rings. The van der Waals surface area contributed by atoms with Gasteiger partial charge in [0.15, 0.2) is 11.5 Å². The zero-order valence-electron chi connectivity index (χ0n) is 11.8. The lowest BCUT2D eigenvalue weighted by atomic mass is 10.1. The molecule has 0 bridgehead atoms. The number of nitro groups is 1. The summed E-state index contributed by atoms with van der Waals surface area (Å²) in [7, 11) is 1.49. The molecule has 2 aromatic rings. The Bertz CT molecular complexity index is 671. The molecule has 2 aromatic carbocycles. The van der Waals surface area contributed by atoms with Gasteiger partial charge in [0.2, 0.25) is 0 Å². The maximum atomic E-state index is 10.8. The second-order valence-electron chi connectivity index (χ2n) is 4.58. The van der Waals surface area contributed by atoms with E-state index in [1.807, 2.05) is 0 Å². The Morgan fingerprint density at radius 1 is 1.33 bits per heavy atom. The van der Waals surface area contributed by atoms with Crippen LogP contribution in [0.2, 0.25) is 0 Å². The van der Waals surface area contributed by atoms with Gasteiger partial charge in [0.25, 0.3) is 5.69 Å². The van der Waals surface area contributed by atoms with Crippen molar-refractivity contribution in [3.05, 3.63) is 57.6 Å². The van der Waals surface area contributed by atoms with Crippen molar-refractivity contribution >= 4 is 11.4 Å². The Morgan fingerprint density at radius 2 is 2.10 bits per heavy atom. The van der Waals surface area contributed by atoms with Gasteiger partial charge in [-0.15, -0.1) is 0 Å². The van der Waals surface area contributed by atoms with Crippen LogP contribution in [0, 0.1) is 17.0 Å². The summed E-state index contributed by atoms with van der Waals surface area (Å²) in [5.41, 5.74) is 2.11. The van der Waals surface area contributed by atoms with Gasteiger partial charge in [-0.2, -0.15) is 0 Å². The van der Waals surface area contributed by atoms with Crippen molar-refractivity contribution in [3.63, 3.8) is 0 Å². The number of nitro benzene ring substituents is 1. The lowest BCUT2D eigenvalue weighted by molar-refractivity contribution is -0.385. The largest absolute Gasteiger partial charge is 0.504 e. The fourth-order valence-corrected chi connectivity index (χ4v) is 2.04. The Kier molecular flexibility index (Phi) is 4.27. The van der Waals surface area contributed by atoms with E-state index in [9.17, 15) is 15.2 Å². The number of phenolic OH excluding ortho intramolecular Hbond substituents is 1. The molecule has 0 aliphatic rings. The zero-order chi connectivity index (χ0) is 15.4. The molecule has 6 heteroatoms. The molecule has 0 unspecified atom stereocenters. The van der Waals surface area contributed by atoms with Gasteiger partial charge in [-0.25, -0.2) is 0 Å². The third-order valence-corrected chi connectivity index (χ3v) is 3.18. The Morgan fingerprint density at radius 3 is 2.71 bits per heavy atom. The third kappa shape index (κ3) is 3.22. The van der Waals surface area contributed by atoms with E-state index in [0.29, 0.717) is 23.4 Å². The number of nitrogens with zero attached hydrogens (tertiary/aromatic N) is 1. The predicted molar refractivity (Wildman–Crippen MR) is 79.8 cm³/mol. The summed E-state index contributed by atoms with van der Waals surface area (Å²) in [6.07, 6.45) is 0. The molecule has 0 radical (unpaired) electrons. The smallest absolute Gasteiger partial charge is 0.272 e. The predicted octanol–water partition coefficient (Wildman–Crippen LogP) is 3.23. The van der Waals surface area contributed by atoms with Crippen molar-refractivity contribution in [2.45, 2.75) is 13.5 Å². The van der Waals surface area contributed by atoms with Crippen LogP contribution >= 0.6 is 0 Å². The molecule has 0 amide bonds. The van der Waals surface area contributed by atoms with Gasteiger partial charge in [0.05, 0.1) is 12.0 Å². The normalized spacial score (nSPS) is 10.2. The van der Waals surface area contributed by atoms with Crippen LogP contribution in [0.1, 0.15) is 11.1 Å². The minimum absolute atomic E-state index is 0.0878. The maximum Gasteiger partial charge on any atom is 0.272 e. The van der Waals surface area contributed by atoms with Gasteiger partial charge in [-0.05, 0) is 25.1 Å². The van der Waals surface area contributed by atoms with Gasteiger partial charge in [0.1, 0.15) is 0 Å². The number of methoxy groups -OCH3 is 1. The first kappa shape index (κ1) is 14.6. The molecule has 0 aliphatic carbocycles. The lowest BCUT2D eigenvalue weighted by Crippen LogP contribution is -2.01. The number of nitrogens with one attached hydrogen (secondary N) is 1. The number of aromatic hydroxyl groups is 1. The second kappa shape index (κ2) is 6.13. The van der Waals surface area contributed by atoms with Crippen molar-refractivity contribution in [1.29, 1.82) is 0 Å². The van der Waals surface area contributed by atoms with Crippen LogP contribution in [0.3, 0.4) is 0 Å². The fourth-order valence-electron chi connectivity index (χ4n) is 2.04. The summed E-state index contributed by atoms with van der Waals surface area (Å²) in [4.78, 5) is 10.4. The molecule has 0 atom stereocenters. The number of anilines is 1. The number of ether oxygens (including phenoxy) is 1. The molecule has 21 heavy (non-hydrogen) atoms. The Labute approximate surface area is 122 Å². The first-order valence-electron chi connectivity index (χ1n) is 6.36. The van der Waals surface area contributed by atoms with Crippen molar-refractivity contribution in [1.82, 2.24) is 0 Å². The number of para-hydroxylation sites is 1. The molecular weight excluding hydrogens is 272 g/mol. The number of benzene rings is 2. The average Bonchev–Trinajstić information content (AvgIpc) is 2.46. The zero-order valence-corrected chi connectivity index (χ0v) is 11.8. The van der Waals surface area contributed by atoms with Gasteiger partial charge in [-0.3, -0.25) is 10.1 Å². The number of rotatable bonds is 5. The quantitative estimate of drug-likeness (QED) is 0.651. The number of hydrogen-bond donors (Lipinski definition) is 2. The van der Waals surface area contributed by atoms with Crippen LogP contribution in [0.25, 0.3) is 0 Å². The molecule has 0 saturated heterocycles. The van der Waals surface area contributed by atoms with Gasteiger partial charge >= 0.3 is 0 Å². The van der Waals surface area contributed by atoms with Crippen molar-refractivity contribution in [2.24, 2.45) is 0 Å². The van der Waals surface area contributed by atoms with E-state index in [-0.39, 0.29) is 11.4 Å². The van der Waals surface area contributed by atoms with Crippen LogP contribution in [0.15, 0.2) is 36.4 Å². The highest BCUT2D eigenvalue weighted by atomic mass is 16.6. The summed E-state index contributed by atoms with van der Waals surface area (Å²) in [6.45, 7) is 2.08. The Balaban J connectivity index is 2.14. The molecule has 2 rings (SSSR count). The van der Waals surface area contributed by atoms with Crippen LogP contribution in [0.4, 0.5) is 11.4 Å². The minimum Gasteiger partial charge on any atom is -0.504 e. The number of aryl methyl sites for hydroxylation is 1. The fraction of sp³-hybridized carbons (Fsp3) is 0.200. The maximum absolute atomic E-state index is 10.8. The van der Waals surface area contributed by atoms with Crippen LogP contribution in [0.5, 0.6) is 11.5 Å². The van der Waals surface area contributed by atoms with Crippen molar-refractivity contribution < 1.29 is 14.8 Å². The summed E-state index contributed by atoms with van der Waals surface area (Å²) >= 11 is 0. The van der Waals surface area contributed by atoms with E-state index in [1.165, 1.54) is 13.2 Å². The minimum atomic E-state index is -0.410. The molecular formula is C15H16N2O4. The van der Waals surface area contributed by atoms with E-state index in [0.717, 1.165) is 5.69 Å². The highest BCUT2D eigenvalue weighted by Crippen LogP contribution is 2.30. The molecule has 0 saturated carbocycles. The Hall–Kier alpha value is -2.76. The van der Waals surface area contributed by atoms with Crippen molar-refractivity contribution in [2.75, 3.05) is 12.4 Å². The monoisotopic (exact) mass is 288 g/mol. The number of hydrogen-bond acceptors (Lipinski definition) is 5. The summed E-state index contributed by atoms with van der Waals surface area (Å²) in [5.74, 6) is 0.500. The average molecular weight is 288 g/mol. The molecule has 110 valence electrons. The standard InChI is InChI=1S/C15H16N2O4/c1-10-8-12(6-7-13(10)17(19)20)16-9-11-4-3-5-14(21-2)15(11)18/h3-8,16,18H,9H2,1-2H3. The van der Waals surface area contributed by atoms with Crippen LogP contribution in [-0.2, 0) is 6.54 Å². The molecule has 2 N–H and O–H groups in total. The summed E-state index contributed by atoms with van der Waals surface area (Å²) in [6, 6.07) is 10.1. The number of phenols is 1. The SMILES string of the molecule is COc1cccc(CNc2ccc([N+](=O)[O-])c(C)c2)c1O. The first-order valence-corrected chi connectivity index (χ1v) is 6.36. The van der Waals surface area contributed by atoms with E-state index < -0.39 is 4.92 Å². The third-order valence-electron chi connectivity index (χ3n) is 3.18. The van der Waals surface area contributed by atoms with E-state index in [1.54, 1.807) is 37.3 Å². The summed E-state index contributed by atoms with van der Waals surface area (Å²) in [5, 5.41) is 23.9. The molecule has 0 aromatic heterocycles. The lowest BCUT2D eigenvalue weighted by Gasteiger charge is -2.11. The molecule has 0 heterocycles. The summed E-state index contributed by atoms with van der Waals surface area (Å²) < 4.78 is 5.05. The highest BCUT2D eigenvalue weighted by molar-refractivity contribution is 5.54. The van der Waals surface area contributed by atoms with Crippen LogP contribution in [-0.4, -0.2) is 17.1 Å². The topological polar surface area (TPSA) is 84.6 Å². The highest BCUT2D eigenvalue weighted by Gasteiger charge is 2.11. The van der Waals surface area contributed by atoms with E-state index >= 15 is 0 Å². The molecule has 6 nitrogen and oxygen atoms in total.